The van der Waals surface area contributed by atoms with Crippen LogP contribution in [-0.4, -0.2) is 48.2 Å². The van der Waals surface area contributed by atoms with E-state index in [1.54, 1.807) is 34.8 Å². The second-order valence-corrected chi connectivity index (χ2v) is 12.0. The van der Waals surface area contributed by atoms with Gasteiger partial charge in [0.25, 0.3) is 5.91 Å². The van der Waals surface area contributed by atoms with Crippen molar-refractivity contribution in [3.63, 3.8) is 0 Å². The van der Waals surface area contributed by atoms with Crippen molar-refractivity contribution in [3.05, 3.63) is 89.6 Å². The summed E-state index contributed by atoms with van der Waals surface area (Å²) in [6.45, 7) is 5.65. The maximum absolute atomic E-state index is 13.5. The number of aryl methyl sites for hydroxylation is 1. The van der Waals surface area contributed by atoms with E-state index in [0.717, 1.165) is 18.4 Å². The zero-order chi connectivity index (χ0) is 26.7. The molecule has 196 valence electrons. The van der Waals surface area contributed by atoms with E-state index in [4.69, 9.17) is 4.98 Å². The summed E-state index contributed by atoms with van der Waals surface area (Å²) in [5.41, 5.74) is 4.44. The highest BCUT2D eigenvalue weighted by Crippen LogP contribution is 2.29. The third-order valence-corrected chi connectivity index (χ3v) is 9.01. The van der Waals surface area contributed by atoms with Crippen molar-refractivity contribution < 1.29 is 13.2 Å². The Labute approximate surface area is 224 Å². The highest BCUT2D eigenvalue weighted by atomic mass is 32.2. The maximum atomic E-state index is 13.5. The number of carbonyl (C=O) groups excluding carboxylic acids is 1. The van der Waals surface area contributed by atoms with Crippen LogP contribution in [-0.2, 0) is 16.4 Å². The van der Waals surface area contributed by atoms with Crippen molar-refractivity contribution >= 4 is 26.8 Å². The highest BCUT2D eigenvalue weighted by Gasteiger charge is 2.29. The molecule has 0 saturated carbocycles. The normalized spacial score (nSPS) is 15.0. The summed E-state index contributed by atoms with van der Waals surface area (Å²) < 4.78 is 28.5. The zero-order valence-corrected chi connectivity index (χ0v) is 22.5. The Balaban J connectivity index is 1.50. The van der Waals surface area contributed by atoms with Crippen LogP contribution in [0.5, 0.6) is 0 Å². The Morgan fingerprint density at radius 1 is 1.00 bits per heavy atom. The van der Waals surface area contributed by atoms with E-state index in [9.17, 15) is 13.2 Å². The molecule has 0 unspecified atom stereocenters. The van der Waals surface area contributed by atoms with Crippen LogP contribution in [0.2, 0.25) is 0 Å². The van der Waals surface area contributed by atoms with Gasteiger partial charge in [-0.15, -0.1) is 0 Å². The molecule has 1 aliphatic rings. The van der Waals surface area contributed by atoms with E-state index in [-0.39, 0.29) is 10.8 Å². The molecule has 1 N–H and O–H groups in total. The summed E-state index contributed by atoms with van der Waals surface area (Å²) >= 11 is 0. The molecule has 0 radical (unpaired) electrons. The van der Waals surface area contributed by atoms with Gasteiger partial charge in [0.2, 0.25) is 10.0 Å². The van der Waals surface area contributed by atoms with E-state index < -0.39 is 10.0 Å². The predicted octanol–water partition coefficient (Wildman–Crippen LogP) is 5.00. The van der Waals surface area contributed by atoms with Crippen molar-refractivity contribution in [2.75, 3.05) is 19.6 Å². The van der Waals surface area contributed by atoms with Crippen LogP contribution in [0.25, 0.3) is 22.3 Å². The quantitative estimate of drug-likeness (QED) is 0.365. The molecule has 7 nitrogen and oxygen atoms in total. The molecule has 2 aromatic heterocycles. The Kier molecular flexibility index (Phi) is 7.53. The van der Waals surface area contributed by atoms with E-state index in [0.29, 0.717) is 59.8 Å². The van der Waals surface area contributed by atoms with Crippen molar-refractivity contribution in [1.29, 1.82) is 0 Å². The first-order chi connectivity index (χ1) is 18.3. The van der Waals surface area contributed by atoms with Gasteiger partial charge in [-0.2, -0.15) is 4.31 Å². The topological polar surface area (TPSA) is 92.3 Å². The average Bonchev–Trinajstić information content (AvgIpc) is 2.93. The molecular formula is C30H32N4O3S. The Hall–Kier alpha value is -3.62. The van der Waals surface area contributed by atoms with E-state index in [1.807, 2.05) is 43.3 Å². The highest BCUT2D eigenvalue weighted by molar-refractivity contribution is 7.89. The minimum Gasteiger partial charge on any atom is -0.352 e. The van der Waals surface area contributed by atoms with Crippen LogP contribution in [0.1, 0.15) is 41.3 Å². The maximum Gasteiger partial charge on any atom is 0.252 e. The number of nitrogens with one attached hydrogen (secondary N) is 1. The summed E-state index contributed by atoms with van der Waals surface area (Å²) in [6.07, 6.45) is 4.06. The van der Waals surface area contributed by atoms with Crippen molar-refractivity contribution in [2.24, 2.45) is 5.92 Å². The number of hydrogen-bond acceptors (Lipinski definition) is 5. The number of pyridine rings is 2. The lowest BCUT2D eigenvalue weighted by Gasteiger charge is -2.29. The molecule has 1 saturated heterocycles. The molecule has 8 heteroatoms. The summed E-state index contributed by atoms with van der Waals surface area (Å²) in [6, 6.07) is 20.3. The molecule has 38 heavy (non-hydrogen) atoms. The summed E-state index contributed by atoms with van der Waals surface area (Å²) in [4.78, 5) is 22.8. The van der Waals surface area contributed by atoms with E-state index in [2.05, 4.69) is 23.3 Å². The number of nitrogens with zero attached hydrogens (tertiary/aromatic N) is 3. The minimum absolute atomic E-state index is 0.181. The Morgan fingerprint density at radius 2 is 1.82 bits per heavy atom. The molecular weight excluding hydrogens is 496 g/mol. The fourth-order valence-electron chi connectivity index (χ4n) is 4.86. The van der Waals surface area contributed by atoms with Gasteiger partial charge in [-0.3, -0.25) is 9.78 Å². The lowest BCUT2D eigenvalue weighted by Crippen LogP contribution is -2.37. The molecule has 0 bridgehead atoms. The lowest BCUT2D eigenvalue weighted by molar-refractivity contribution is 0.0955. The predicted molar refractivity (Wildman–Crippen MR) is 149 cm³/mol. The van der Waals surface area contributed by atoms with Gasteiger partial charge in [-0.1, -0.05) is 42.8 Å². The first kappa shape index (κ1) is 26.0. The van der Waals surface area contributed by atoms with E-state index >= 15 is 0 Å². The summed E-state index contributed by atoms with van der Waals surface area (Å²) in [5, 5.41) is 3.52. The van der Waals surface area contributed by atoms with Gasteiger partial charge < -0.3 is 5.32 Å². The molecule has 0 spiro atoms. The molecule has 1 amide bonds. The van der Waals surface area contributed by atoms with Crippen LogP contribution in [0.3, 0.4) is 0 Å². The van der Waals surface area contributed by atoms with Gasteiger partial charge in [-0.25, -0.2) is 13.4 Å². The third kappa shape index (κ3) is 5.61. The fourth-order valence-corrected chi connectivity index (χ4v) is 6.35. The number of benzene rings is 2. The van der Waals surface area contributed by atoms with Gasteiger partial charge in [0, 0.05) is 31.2 Å². The largest absolute Gasteiger partial charge is 0.352 e. The van der Waals surface area contributed by atoms with Crippen molar-refractivity contribution in [1.82, 2.24) is 19.6 Å². The molecule has 0 atom stereocenters. The SMILES string of the molecule is Cc1cccc(CCNC(=O)c2cc(-c3ccccn3)nc3ccc(S(=O)(=O)N4CCC(C)CC4)cc23)c1. The third-order valence-electron chi connectivity index (χ3n) is 7.11. The van der Waals surface area contributed by atoms with Crippen LogP contribution < -0.4 is 5.32 Å². The second-order valence-electron chi connectivity index (χ2n) is 10.0. The molecule has 2 aromatic carbocycles. The van der Waals surface area contributed by atoms with E-state index in [1.165, 1.54) is 5.56 Å². The van der Waals surface area contributed by atoms with Crippen LogP contribution in [0, 0.1) is 12.8 Å². The number of carbonyl (C=O) groups is 1. The average molecular weight is 529 g/mol. The second kappa shape index (κ2) is 11.0. The van der Waals surface area contributed by atoms with Crippen LogP contribution in [0.15, 0.2) is 77.8 Å². The molecule has 3 heterocycles. The Bertz CT molecular complexity index is 1560. The fraction of sp³-hybridized carbons (Fsp3) is 0.300. The molecule has 1 aliphatic heterocycles. The van der Waals surface area contributed by atoms with Crippen LogP contribution in [0.4, 0.5) is 0 Å². The minimum atomic E-state index is -3.68. The van der Waals surface area contributed by atoms with Gasteiger partial charge in [0.1, 0.15) is 0 Å². The summed E-state index contributed by atoms with van der Waals surface area (Å²) in [5.74, 6) is 0.242. The van der Waals surface area contributed by atoms with Crippen molar-refractivity contribution in [2.45, 2.75) is 38.0 Å². The first-order valence-corrected chi connectivity index (χ1v) is 14.5. The standard InChI is InChI=1S/C30H32N4O3S/c1-21-12-16-34(17-13-21)38(36,37)24-9-10-27-25(19-24)26(20-29(33-27)28-8-3-4-14-31-28)30(35)32-15-11-23-7-5-6-22(2)18-23/h3-10,14,18-21H,11-13,15-17H2,1-2H3,(H,32,35). The first-order valence-electron chi connectivity index (χ1n) is 13.0. The molecule has 0 aliphatic carbocycles. The number of amides is 1. The van der Waals surface area contributed by atoms with Gasteiger partial charge >= 0.3 is 0 Å². The smallest absolute Gasteiger partial charge is 0.252 e. The van der Waals surface area contributed by atoms with Crippen LogP contribution >= 0.6 is 0 Å². The number of aromatic nitrogens is 2. The Morgan fingerprint density at radius 3 is 2.55 bits per heavy atom. The number of fused-ring (bicyclic) bond motifs is 1. The number of rotatable bonds is 7. The van der Waals surface area contributed by atoms with Crippen molar-refractivity contribution in [3.8, 4) is 11.4 Å². The van der Waals surface area contributed by atoms with Gasteiger partial charge in [-0.05, 0) is 74.1 Å². The molecule has 1 fully saturated rings. The zero-order valence-electron chi connectivity index (χ0n) is 21.7. The monoisotopic (exact) mass is 528 g/mol. The molecule has 4 aromatic rings. The number of hydrogen-bond donors (Lipinski definition) is 1. The van der Waals surface area contributed by atoms with Gasteiger partial charge in [0.15, 0.2) is 0 Å². The molecule has 5 rings (SSSR count). The lowest BCUT2D eigenvalue weighted by atomic mass is 10.0. The number of piperidine rings is 1. The number of sulfonamides is 1. The van der Waals surface area contributed by atoms with Gasteiger partial charge in [0.05, 0.1) is 27.4 Å². The summed E-state index contributed by atoms with van der Waals surface area (Å²) in [7, 11) is -3.68.